The van der Waals surface area contributed by atoms with Gasteiger partial charge in [-0.05, 0) is 84.9 Å². The van der Waals surface area contributed by atoms with Gasteiger partial charge in [0.25, 0.3) is 0 Å². The van der Waals surface area contributed by atoms with Gasteiger partial charge in [-0.1, -0.05) is 23.7 Å². The maximum Gasteiger partial charge on any atom is 0.415 e. The number of nitrogens with zero attached hydrogens (tertiary/aromatic N) is 1. The molecule has 1 atom stereocenters. The Labute approximate surface area is 166 Å². The van der Waals surface area contributed by atoms with Crippen LogP contribution in [-0.2, 0) is 11.2 Å². The fourth-order valence-electron chi connectivity index (χ4n) is 3.16. The van der Waals surface area contributed by atoms with Gasteiger partial charge >= 0.3 is 6.09 Å². The van der Waals surface area contributed by atoms with Crippen LogP contribution < -0.4 is 4.90 Å². The number of carbonyl (C=O) groups excluding carboxylic acids is 1. The lowest BCUT2D eigenvalue weighted by molar-refractivity contribution is 0.0560. The molecule has 3 nitrogen and oxygen atoms in total. The number of hydrogen-bond donors (Lipinski definition) is 0. The van der Waals surface area contributed by atoms with Crippen LogP contribution in [0.1, 0.15) is 44.4 Å². The Morgan fingerprint density at radius 2 is 2.04 bits per heavy atom. The Hall–Kier alpha value is -1.59. The Balaban J connectivity index is 2.09. The first-order chi connectivity index (χ1) is 12.2. The molecule has 1 amide bonds. The van der Waals surface area contributed by atoms with Crippen LogP contribution in [0.15, 0.2) is 40.9 Å². The van der Waals surface area contributed by atoms with Crippen LogP contribution in [0.3, 0.4) is 0 Å². The molecule has 0 fully saturated rings. The van der Waals surface area contributed by atoms with Crippen molar-refractivity contribution in [3.63, 3.8) is 0 Å². The van der Waals surface area contributed by atoms with Crippen molar-refractivity contribution in [2.45, 2.75) is 45.3 Å². The molecule has 1 unspecified atom stereocenters. The van der Waals surface area contributed by atoms with Gasteiger partial charge in [-0.25, -0.2) is 9.18 Å². The largest absolute Gasteiger partial charge is 0.443 e. The van der Waals surface area contributed by atoms with Gasteiger partial charge in [0.2, 0.25) is 0 Å². The van der Waals surface area contributed by atoms with Crippen LogP contribution in [0.2, 0.25) is 5.02 Å². The van der Waals surface area contributed by atoms with E-state index in [1.807, 2.05) is 39.0 Å². The second-order valence-corrected chi connectivity index (χ2v) is 8.62. The molecule has 1 aliphatic rings. The molecule has 0 bridgehead atoms. The molecule has 26 heavy (non-hydrogen) atoms. The van der Waals surface area contributed by atoms with Crippen LogP contribution in [0.4, 0.5) is 14.9 Å². The molecule has 0 aliphatic carbocycles. The lowest BCUT2D eigenvalue weighted by Gasteiger charge is -2.38. The molecule has 138 valence electrons. The highest BCUT2D eigenvalue weighted by Gasteiger charge is 2.35. The molecule has 0 saturated heterocycles. The van der Waals surface area contributed by atoms with E-state index < -0.39 is 11.7 Å². The van der Waals surface area contributed by atoms with Crippen molar-refractivity contribution in [3.05, 3.63) is 62.8 Å². The highest BCUT2D eigenvalue weighted by atomic mass is 79.9. The zero-order chi connectivity index (χ0) is 19.1. The molecular formula is C20H20BrClFNO2. The highest BCUT2D eigenvalue weighted by molar-refractivity contribution is 9.10. The number of anilines is 1. The Morgan fingerprint density at radius 1 is 1.31 bits per heavy atom. The van der Waals surface area contributed by atoms with E-state index in [0.717, 1.165) is 23.2 Å². The zero-order valence-corrected chi connectivity index (χ0v) is 17.2. The third-order valence-electron chi connectivity index (χ3n) is 4.20. The number of ether oxygens (including phenoxy) is 1. The van der Waals surface area contributed by atoms with E-state index in [-0.39, 0.29) is 11.9 Å². The average molecular weight is 441 g/mol. The van der Waals surface area contributed by atoms with Gasteiger partial charge in [0.05, 0.1) is 16.8 Å². The standard InChI is InChI=1S/C20H20BrClFNO2/c1-20(2,3)26-19(25)24-17(12-5-4-6-14(23)9-12)8-7-13-10-16(22)15(21)11-18(13)24/h4-6,9-11,17H,7-8H2,1-3H3. The van der Waals surface area contributed by atoms with E-state index in [1.165, 1.54) is 12.1 Å². The fourth-order valence-corrected chi connectivity index (χ4v) is 3.68. The van der Waals surface area contributed by atoms with Gasteiger partial charge in [0, 0.05) is 4.47 Å². The van der Waals surface area contributed by atoms with Crippen LogP contribution >= 0.6 is 27.5 Å². The summed E-state index contributed by atoms with van der Waals surface area (Å²) in [6, 6.07) is 9.74. The second kappa shape index (κ2) is 7.20. The molecule has 0 aromatic heterocycles. The monoisotopic (exact) mass is 439 g/mol. The van der Waals surface area contributed by atoms with Gasteiger partial charge in [0.15, 0.2) is 0 Å². The number of benzene rings is 2. The van der Waals surface area contributed by atoms with Crippen molar-refractivity contribution < 1.29 is 13.9 Å². The molecule has 2 aromatic carbocycles. The molecule has 1 heterocycles. The minimum atomic E-state index is -0.634. The molecule has 0 spiro atoms. The molecule has 0 saturated carbocycles. The quantitative estimate of drug-likeness (QED) is 0.495. The number of hydrogen-bond acceptors (Lipinski definition) is 2. The predicted molar refractivity (Wildman–Crippen MR) is 105 cm³/mol. The Bertz CT molecular complexity index is 850. The summed E-state index contributed by atoms with van der Waals surface area (Å²) in [4.78, 5) is 14.6. The van der Waals surface area contributed by atoms with Gasteiger partial charge < -0.3 is 4.74 Å². The number of amides is 1. The van der Waals surface area contributed by atoms with E-state index >= 15 is 0 Å². The third kappa shape index (κ3) is 4.04. The van der Waals surface area contributed by atoms with Crippen molar-refractivity contribution >= 4 is 39.3 Å². The van der Waals surface area contributed by atoms with Gasteiger partial charge in [-0.15, -0.1) is 0 Å². The summed E-state index contributed by atoms with van der Waals surface area (Å²) in [6.45, 7) is 5.47. The Kier molecular flexibility index (Phi) is 5.31. The van der Waals surface area contributed by atoms with Crippen molar-refractivity contribution in [2.24, 2.45) is 0 Å². The molecular weight excluding hydrogens is 421 g/mol. The predicted octanol–water partition coefficient (Wildman–Crippen LogP) is 6.67. The van der Waals surface area contributed by atoms with Gasteiger partial charge in [-0.2, -0.15) is 0 Å². The van der Waals surface area contributed by atoms with Crippen LogP contribution in [0, 0.1) is 5.82 Å². The lowest BCUT2D eigenvalue weighted by Crippen LogP contribution is -2.42. The van der Waals surface area contributed by atoms with E-state index in [1.54, 1.807) is 11.0 Å². The number of carbonyl (C=O) groups is 1. The maximum absolute atomic E-state index is 13.8. The van der Waals surface area contributed by atoms with E-state index in [0.29, 0.717) is 15.9 Å². The lowest BCUT2D eigenvalue weighted by atomic mass is 9.91. The second-order valence-electron chi connectivity index (χ2n) is 7.35. The number of fused-ring (bicyclic) bond motifs is 1. The van der Waals surface area contributed by atoms with E-state index in [4.69, 9.17) is 16.3 Å². The average Bonchev–Trinajstić information content (AvgIpc) is 2.53. The topological polar surface area (TPSA) is 29.5 Å². The molecule has 3 rings (SSSR count). The molecule has 1 aliphatic heterocycles. The third-order valence-corrected chi connectivity index (χ3v) is 5.40. The summed E-state index contributed by atoms with van der Waals surface area (Å²) >= 11 is 9.65. The zero-order valence-electron chi connectivity index (χ0n) is 14.9. The number of halogens is 3. The summed E-state index contributed by atoms with van der Waals surface area (Å²) in [5, 5.41) is 0.595. The summed E-state index contributed by atoms with van der Waals surface area (Å²) in [7, 11) is 0. The molecule has 0 N–H and O–H groups in total. The van der Waals surface area contributed by atoms with Crippen molar-refractivity contribution in [3.8, 4) is 0 Å². The smallest absolute Gasteiger partial charge is 0.415 e. The van der Waals surface area contributed by atoms with Gasteiger partial charge in [0.1, 0.15) is 11.4 Å². The van der Waals surface area contributed by atoms with Crippen LogP contribution in [0.25, 0.3) is 0 Å². The molecule has 0 radical (unpaired) electrons. The molecule has 6 heteroatoms. The summed E-state index contributed by atoms with van der Waals surface area (Å²) in [5.74, 6) is -0.324. The van der Waals surface area contributed by atoms with Gasteiger partial charge in [-0.3, -0.25) is 4.90 Å². The Morgan fingerprint density at radius 3 is 2.69 bits per heavy atom. The normalized spacial score (nSPS) is 17.0. The first kappa shape index (κ1) is 19.2. The molecule has 2 aromatic rings. The number of aryl methyl sites for hydroxylation is 1. The van der Waals surface area contributed by atoms with E-state index in [2.05, 4.69) is 15.9 Å². The fraction of sp³-hybridized carbons (Fsp3) is 0.350. The van der Waals surface area contributed by atoms with E-state index in [9.17, 15) is 9.18 Å². The maximum atomic E-state index is 13.8. The van der Waals surface area contributed by atoms with Crippen LogP contribution in [0.5, 0.6) is 0 Å². The minimum absolute atomic E-state index is 0.305. The first-order valence-electron chi connectivity index (χ1n) is 8.41. The van der Waals surface area contributed by atoms with Crippen molar-refractivity contribution in [1.82, 2.24) is 0 Å². The highest BCUT2D eigenvalue weighted by Crippen LogP contribution is 2.42. The minimum Gasteiger partial charge on any atom is -0.443 e. The van der Waals surface area contributed by atoms with Crippen molar-refractivity contribution in [2.75, 3.05) is 4.90 Å². The summed E-state index contributed by atoms with van der Waals surface area (Å²) < 4.78 is 20.1. The summed E-state index contributed by atoms with van der Waals surface area (Å²) in [6.07, 6.45) is 0.943. The number of rotatable bonds is 1. The SMILES string of the molecule is CC(C)(C)OC(=O)N1c2cc(Br)c(Cl)cc2CCC1c1cccc(F)c1. The van der Waals surface area contributed by atoms with Crippen LogP contribution in [-0.4, -0.2) is 11.7 Å². The van der Waals surface area contributed by atoms with Crippen molar-refractivity contribution in [1.29, 1.82) is 0 Å². The summed E-state index contributed by atoms with van der Waals surface area (Å²) in [5.41, 5.74) is 1.81. The first-order valence-corrected chi connectivity index (χ1v) is 9.58.